The minimum atomic E-state index is -4.51. The maximum atomic E-state index is 12.8. The van der Waals surface area contributed by atoms with E-state index in [0.717, 1.165) is 17.7 Å². The SMILES string of the molecule is CC(NC(=O)c1ccccc1NC(=O)COc1cccc(C(F)(F)F)c1)c1ccccc1. The van der Waals surface area contributed by atoms with E-state index in [0.29, 0.717) is 0 Å². The van der Waals surface area contributed by atoms with E-state index in [1.165, 1.54) is 12.1 Å². The molecule has 3 aromatic carbocycles. The second-order valence-corrected chi connectivity index (χ2v) is 7.01. The average molecular weight is 442 g/mol. The van der Waals surface area contributed by atoms with E-state index in [2.05, 4.69) is 10.6 Å². The first-order chi connectivity index (χ1) is 15.2. The average Bonchev–Trinajstić information content (AvgIpc) is 2.78. The fourth-order valence-electron chi connectivity index (χ4n) is 2.99. The summed E-state index contributed by atoms with van der Waals surface area (Å²) in [5, 5.41) is 5.45. The number of ether oxygens (including phenoxy) is 1. The number of hydrogen-bond acceptors (Lipinski definition) is 3. The van der Waals surface area contributed by atoms with Crippen LogP contribution in [0.3, 0.4) is 0 Å². The summed E-state index contributed by atoms with van der Waals surface area (Å²) in [7, 11) is 0. The Morgan fingerprint density at radius 1 is 0.938 bits per heavy atom. The van der Waals surface area contributed by atoms with Crippen LogP contribution in [0.4, 0.5) is 18.9 Å². The Morgan fingerprint density at radius 3 is 2.34 bits per heavy atom. The van der Waals surface area contributed by atoms with Gasteiger partial charge in [0.15, 0.2) is 6.61 Å². The molecule has 0 saturated heterocycles. The summed E-state index contributed by atoms with van der Waals surface area (Å²) < 4.78 is 43.6. The van der Waals surface area contributed by atoms with Gasteiger partial charge in [0.2, 0.25) is 0 Å². The van der Waals surface area contributed by atoms with Crippen LogP contribution in [0.2, 0.25) is 0 Å². The Balaban J connectivity index is 1.63. The molecule has 0 aromatic heterocycles. The lowest BCUT2D eigenvalue weighted by Crippen LogP contribution is -2.28. The minimum absolute atomic E-state index is 0.0855. The van der Waals surface area contributed by atoms with Crippen LogP contribution in [0.25, 0.3) is 0 Å². The van der Waals surface area contributed by atoms with Crippen molar-refractivity contribution < 1.29 is 27.5 Å². The molecule has 0 radical (unpaired) electrons. The predicted octanol–water partition coefficient (Wildman–Crippen LogP) is 5.21. The van der Waals surface area contributed by atoms with Crippen LogP contribution >= 0.6 is 0 Å². The highest BCUT2D eigenvalue weighted by molar-refractivity contribution is 6.04. The summed E-state index contributed by atoms with van der Waals surface area (Å²) in [5.74, 6) is -1.08. The number of carbonyl (C=O) groups excluding carboxylic acids is 2. The molecule has 0 aliphatic rings. The molecular formula is C24H21F3N2O3. The number of benzene rings is 3. The summed E-state index contributed by atoms with van der Waals surface area (Å²) in [6, 6.07) is 19.9. The Hall–Kier alpha value is -3.81. The standard InChI is InChI=1S/C24H21F3N2O3/c1-16(17-8-3-2-4-9-17)28-23(31)20-12-5-6-13-21(20)29-22(30)15-32-19-11-7-10-18(14-19)24(25,26)27/h2-14,16H,15H2,1H3,(H,28,31)(H,29,30). The highest BCUT2D eigenvalue weighted by Crippen LogP contribution is 2.31. The quantitative estimate of drug-likeness (QED) is 0.528. The number of halogens is 3. The van der Waals surface area contributed by atoms with E-state index in [1.807, 2.05) is 37.3 Å². The molecule has 3 aromatic rings. The van der Waals surface area contributed by atoms with Crippen molar-refractivity contribution in [2.75, 3.05) is 11.9 Å². The number of carbonyl (C=O) groups is 2. The molecule has 1 atom stereocenters. The zero-order valence-electron chi connectivity index (χ0n) is 17.1. The fourth-order valence-corrected chi connectivity index (χ4v) is 2.99. The lowest BCUT2D eigenvalue weighted by atomic mass is 10.1. The molecule has 0 saturated carbocycles. The zero-order chi connectivity index (χ0) is 23.1. The van der Waals surface area contributed by atoms with E-state index in [4.69, 9.17) is 4.74 Å². The molecule has 5 nitrogen and oxygen atoms in total. The molecule has 0 aliphatic heterocycles. The topological polar surface area (TPSA) is 67.4 Å². The Labute approximate surface area is 183 Å². The summed E-state index contributed by atoms with van der Waals surface area (Å²) in [5.41, 5.74) is 0.576. The lowest BCUT2D eigenvalue weighted by molar-refractivity contribution is -0.137. The lowest BCUT2D eigenvalue weighted by Gasteiger charge is -2.16. The van der Waals surface area contributed by atoms with Gasteiger partial charge in [0.25, 0.3) is 11.8 Å². The zero-order valence-corrected chi connectivity index (χ0v) is 17.1. The molecule has 32 heavy (non-hydrogen) atoms. The van der Waals surface area contributed by atoms with Gasteiger partial charge >= 0.3 is 6.18 Å². The van der Waals surface area contributed by atoms with Crippen molar-refractivity contribution in [1.29, 1.82) is 0 Å². The van der Waals surface area contributed by atoms with Crippen molar-refractivity contribution >= 4 is 17.5 Å². The number of rotatable bonds is 7. The third-order valence-electron chi connectivity index (χ3n) is 4.62. The Morgan fingerprint density at radius 2 is 1.62 bits per heavy atom. The molecule has 8 heteroatoms. The normalized spacial score (nSPS) is 12.0. The van der Waals surface area contributed by atoms with Gasteiger partial charge in [0.05, 0.1) is 22.9 Å². The summed E-state index contributed by atoms with van der Waals surface area (Å²) in [6.45, 7) is 1.33. The third kappa shape index (κ3) is 6.10. The van der Waals surface area contributed by atoms with Gasteiger partial charge in [-0.15, -0.1) is 0 Å². The van der Waals surface area contributed by atoms with E-state index >= 15 is 0 Å². The van der Waals surface area contributed by atoms with Gasteiger partial charge in [-0.1, -0.05) is 48.5 Å². The maximum Gasteiger partial charge on any atom is 0.416 e. The molecule has 1 unspecified atom stereocenters. The van der Waals surface area contributed by atoms with Crippen LogP contribution in [-0.4, -0.2) is 18.4 Å². The molecule has 2 amide bonds. The van der Waals surface area contributed by atoms with E-state index < -0.39 is 24.3 Å². The first-order valence-electron chi connectivity index (χ1n) is 9.79. The van der Waals surface area contributed by atoms with Crippen molar-refractivity contribution in [2.24, 2.45) is 0 Å². The molecule has 0 spiro atoms. The van der Waals surface area contributed by atoms with Crippen molar-refractivity contribution in [3.8, 4) is 5.75 Å². The monoisotopic (exact) mass is 442 g/mol. The summed E-state index contributed by atoms with van der Waals surface area (Å²) in [4.78, 5) is 25.0. The van der Waals surface area contributed by atoms with Crippen LogP contribution < -0.4 is 15.4 Å². The second kappa shape index (κ2) is 10.00. The largest absolute Gasteiger partial charge is 0.484 e. The van der Waals surface area contributed by atoms with Gasteiger partial charge in [-0.05, 0) is 42.8 Å². The van der Waals surface area contributed by atoms with Gasteiger partial charge in [-0.3, -0.25) is 9.59 Å². The molecule has 166 valence electrons. The Bertz CT molecular complexity index is 1090. The molecule has 0 aliphatic carbocycles. The Kier molecular flexibility index (Phi) is 7.14. The fraction of sp³-hybridized carbons (Fsp3) is 0.167. The number of hydrogen-bond donors (Lipinski definition) is 2. The van der Waals surface area contributed by atoms with Gasteiger partial charge in [-0.2, -0.15) is 13.2 Å². The van der Waals surface area contributed by atoms with E-state index in [9.17, 15) is 22.8 Å². The van der Waals surface area contributed by atoms with Crippen molar-refractivity contribution in [3.63, 3.8) is 0 Å². The van der Waals surface area contributed by atoms with Crippen LogP contribution in [0, 0.1) is 0 Å². The van der Waals surface area contributed by atoms with Crippen molar-refractivity contribution in [3.05, 3.63) is 95.6 Å². The van der Waals surface area contributed by atoms with Crippen molar-refractivity contribution in [2.45, 2.75) is 19.1 Å². The van der Waals surface area contributed by atoms with Crippen LogP contribution in [0.15, 0.2) is 78.9 Å². The van der Waals surface area contributed by atoms with Gasteiger partial charge in [0.1, 0.15) is 5.75 Å². The highest BCUT2D eigenvalue weighted by Gasteiger charge is 2.30. The number of alkyl halides is 3. The van der Waals surface area contributed by atoms with E-state index in [1.54, 1.807) is 24.3 Å². The molecule has 2 N–H and O–H groups in total. The van der Waals surface area contributed by atoms with Crippen LogP contribution in [0.5, 0.6) is 5.75 Å². The summed E-state index contributed by atoms with van der Waals surface area (Å²) >= 11 is 0. The second-order valence-electron chi connectivity index (χ2n) is 7.01. The minimum Gasteiger partial charge on any atom is -0.484 e. The maximum absolute atomic E-state index is 12.8. The smallest absolute Gasteiger partial charge is 0.416 e. The van der Waals surface area contributed by atoms with Gasteiger partial charge in [0, 0.05) is 0 Å². The predicted molar refractivity (Wildman–Crippen MR) is 114 cm³/mol. The highest BCUT2D eigenvalue weighted by atomic mass is 19.4. The number of anilines is 1. The molecule has 0 bridgehead atoms. The van der Waals surface area contributed by atoms with E-state index in [-0.39, 0.29) is 28.9 Å². The van der Waals surface area contributed by atoms with Gasteiger partial charge in [-0.25, -0.2) is 0 Å². The van der Waals surface area contributed by atoms with Crippen LogP contribution in [0.1, 0.15) is 34.5 Å². The van der Waals surface area contributed by atoms with Crippen LogP contribution in [-0.2, 0) is 11.0 Å². The number of amides is 2. The molecule has 0 fully saturated rings. The molecular weight excluding hydrogens is 421 g/mol. The van der Waals surface area contributed by atoms with Gasteiger partial charge < -0.3 is 15.4 Å². The first-order valence-corrected chi connectivity index (χ1v) is 9.79. The molecule has 0 heterocycles. The third-order valence-corrected chi connectivity index (χ3v) is 4.62. The first kappa shape index (κ1) is 22.9. The molecule has 3 rings (SSSR count). The summed E-state index contributed by atoms with van der Waals surface area (Å²) in [6.07, 6.45) is -4.51. The number of nitrogens with one attached hydrogen (secondary N) is 2. The van der Waals surface area contributed by atoms with Crippen molar-refractivity contribution in [1.82, 2.24) is 5.32 Å². The number of para-hydroxylation sites is 1.